The molecule has 25 heavy (non-hydrogen) atoms. The molecule has 0 amide bonds. The summed E-state index contributed by atoms with van der Waals surface area (Å²) in [6.07, 6.45) is 19.7. The van der Waals surface area contributed by atoms with Crippen molar-refractivity contribution in [1.29, 1.82) is 0 Å². The largest absolute Gasteiger partial charge is 0.454 e. The van der Waals surface area contributed by atoms with Gasteiger partial charge in [0.1, 0.15) is 0 Å². The Balaban J connectivity index is 1.35. The van der Waals surface area contributed by atoms with E-state index < -0.39 is 0 Å². The zero-order valence-corrected chi connectivity index (χ0v) is 14.7. The highest BCUT2D eigenvalue weighted by atomic mass is 16.7. The molecule has 1 aromatic rings. The Kier molecular flexibility index (Phi) is 6.49. The second-order valence-electron chi connectivity index (χ2n) is 6.62. The van der Waals surface area contributed by atoms with Gasteiger partial charge in [0.25, 0.3) is 0 Å². The lowest BCUT2D eigenvalue weighted by Crippen LogP contribution is -2.15. The van der Waals surface area contributed by atoms with E-state index in [0.29, 0.717) is 12.6 Å². The molecule has 0 radical (unpaired) electrons. The topological polar surface area (TPSA) is 35.5 Å². The molecule has 1 saturated carbocycles. The predicted octanol–water partition coefficient (Wildman–Crippen LogP) is 5.47. The molecule has 0 unspecified atom stereocenters. The monoisotopic (exact) mass is 338 g/mol. The Labute approximate surface area is 150 Å². The average Bonchev–Trinajstić information content (AvgIpc) is 3.12. The van der Waals surface area contributed by atoms with E-state index in [-0.39, 0.29) is 5.92 Å². The molecule has 1 aromatic carbocycles. The third-order valence-electron chi connectivity index (χ3n) is 4.72. The highest BCUT2D eigenvalue weighted by molar-refractivity contribution is 5.91. The standard InChI is InChI=1S/C22H26O3/c23-20(19-11-7-5-8-12-19)13-9-4-2-1-3-6-10-18-14-15-21-22(16-18)25-17-24-21/h2,4,6,9-10,13-16,19H,1,3,5,7-8,11-12,17H2/b4-2-,10-6+,13-9+. The van der Waals surface area contributed by atoms with Crippen LogP contribution in [0, 0.1) is 5.92 Å². The van der Waals surface area contributed by atoms with Crippen LogP contribution < -0.4 is 9.47 Å². The third-order valence-corrected chi connectivity index (χ3v) is 4.72. The Hall–Kier alpha value is -2.29. The number of ketones is 1. The first kappa shape index (κ1) is 17.5. The fraction of sp³-hybridized carbons (Fsp3) is 0.409. The van der Waals surface area contributed by atoms with Crippen LogP contribution in [0.25, 0.3) is 6.08 Å². The predicted molar refractivity (Wildman–Crippen MR) is 101 cm³/mol. The number of unbranched alkanes of at least 4 members (excludes halogenated alkanes) is 1. The van der Waals surface area contributed by atoms with Crippen LogP contribution in [0.1, 0.15) is 50.5 Å². The summed E-state index contributed by atoms with van der Waals surface area (Å²) in [4.78, 5) is 12.0. The lowest BCUT2D eigenvalue weighted by atomic mass is 9.86. The normalized spacial score (nSPS) is 17.9. The van der Waals surface area contributed by atoms with Crippen LogP contribution in [0.15, 0.2) is 48.6 Å². The molecule has 0 spiro atoms. The fourth-order valence-electron chi connectivity index (χ4n) is 3.28. The molecule has 1 fully saturated rings. The Morgan fingerprint density at radius 3 is 2.68 bits per heavy atom. The quantitative estimate of drug-likeness (QED) is 0.376. The fourth-order valence-corrected chi connectivity index (χ4v) is 3.28. The molecule has 0 aromatic heterocycles. The van der Waals surface area contributed by atoms with Crippen molar-refractivity contribution in [1.82, 2.24) is 0 Å². The smallest absolute Gasteiger partial charge is 0.231 e. The van der Waals surface area contributed by atoms with E-state index in [4.69, 9.17) is 9.47 Å². The van der Waals surface area contributed by atoms with Crippen molar-refractivity contribution >= 4 is 11.9 Å². The number of rotatable bonds is 7. The molecule has 1 heterocycles. The average molecular weight is 338 g/mol. The molecule has 3 rings (SSSR count). The second kappa shape index (κ2) is 9.26. The summed E-state index contributed by atoms with van der Waals surface area (Å²) in [6.45, 7) is 0.310. The lowest BCUT2D eigenvalue weighted by molar-refractivity contribution is -0.119. The molecular formula is C22H26O3. The van der Waals surface area contributed by atoms with Crippen LogP contribution in [-0.2, 0) is 4.79 Å². The number of carbonyl (C=O) groups excluding carboxylic acids is 1. The first-order chi connectivity index (χ1) is 12.3. The van der Waals surface area contributed by atoms with Crippen molar-refractivity contribution in [3.05, 3.63) is 54.1 Å². The van der Waals surface area contributed by atoms with Crippen LogP contribution in [0.2, 0.25) is 0 Å². The van der Waals surface area contributed by atoms with E-state index in [0.717, 1.165) is 42.7 Å². The summed E-state index contributed by atoms with van der Waals surface area (Å²) in [5, 5.41) is 0. The van der Waals surface area contributed by atoms with Crippen LogP contribution in [0.4, 0.5) is 0 Å². The molecule has 0 saturated heterocycles. The SMILES string of the molecule is O=C(/C=C/C=C\CC/C=C/c1ccc2c(c1)OCO2)C1CCCCC1. The van der Waals surface area contributed by atoms with Crippen molar-refractivity contribution in [2.45, 2.75) is 44.9 Å². The first-order valence-corrected chi connectivity index (χ1v) is 9.26. The third kappa shape index (κ3) is 5.35. The maximum absolute atomic E-state index is 12.0. The number of ether oxygens (including phenoxy) is 2. The molecule has 0 N–H and O–H groups in total. The maximum atomic E-state index is 12.0. The summed E-state index contributed by atoms with van der Waals surface area (Å²) in [6, 6.07) is 5.96. The second-order valence-corrected chi connectivity index (χ2v) is 6.62. The summed E-state index contributed by atoms with van der Waals surface area (Å²) >= 11 is 0. The van der Waals surface area contributed by atoms with Crippen molar-refractivity contribution in [2.24, 2.45) is 5.92 Å². The Morgan fingerprint density at radius 1 is 1.00 bits per heavy atom. The summed E-state index contributed by atoms with van der Waals surface area (Å²) in [5.74, 6) is 2.19. The van der Waals surface area contributed by atoms with E-state index in [1.54, 1.807) is 6.08 Å². The van der Waals surface area contributed by atoms with Crippen LogP contribution >= 0.6 is 0 Å². The number of fused-ring (bicyclic) bond motifs is 1. The van der Waals surface area contributed by atoms with Gasteiger partial charge in [0.15, 0.2) is 17.3 Å². The summed E-state index contributed by atoms with van der Waals surface area (Å²) < 4.78 is 10.7. The van der Waals surface area contributed by atoms with Gasteiger partial charge in [-0.2, -0.15) is 0 Å². The maximum Gasteiger partial charge on any atom is 0.231 e. The van der Waals surface area contributed by atoms with E-state index in [2.05, 4.69) is 18.2 Å². The van der Waals surface area contributed by atoms with E-state index in [1.807, 2.05) is 30.4 Å². The molecule has 132 valence electrons. The lowest BCUT2D eigenvalue weighted by Gasteiger charge is -2.18. The summed E-state index contributed by atoms with van der Waals surface area (Å²) in [5.41, 5.74) is 1.12. The molecule has 0 bridgehead atoms. The Bertz CT molecular complexity index is 664. The molecule has 3 heteroatoms. The highest BCUT2D eigenvalue weighted by Gasteiger charge is 2.18. The van der Waals surface area contributed by atoms with Crippen LogP contribution in [0.3, 0.4) is 0 Å². The number of carbonyl (C=O) groups is 1. The van der Waals surface area contributed by atoms with Gasteiger partial charge in [0.05, 0.1) is 0 Å². The molecule has 3 nitrogen and oxygen atoms in total. The van der Waals surface area contributed by atoms with Crippen LogP contribution in [-0.4, -0.2) is 12.6 Å². The van der Waals surface area contributed by atoms with Gasteiger partial charge < -0.3 is 9.47 Å². The molecule has 1 aliphatic heterocycles. The van der Waals surface area contributed by atoms with Gasteiger partial charge in [-0.15, -0.1) is 0 Å². The highest BCUT2D eigenvalue weighted by Crippen LogP contribution is 2.32. The minimum atomic E-state index is 0.267. The molecular weight excluding hydrogens is 312 g/mol. The number of allylic oxidation sites excluding steroid dienone is 5. The van der Waals surface area contributed by atoms with Gasteiger partial charge in [-0.25, -0.2) is 0 Å². The molecule has 2 aliphatic rings. The number of benzene rings is 1. The van der Waals surface area contributed by atoms with Gasteiger partial charge in [0.2, 0.25) is 6.79 Å². The molecule has 0 atom stereocenters. The van der Waals surface area contributed by atoms with Gasteiger partial charge in [-0.3, -0.25) is 4.79 Å². The van der Waals surface area contributed by atoms with Crippen molar-refractivity contribution < 1.29 is 14.3 Å². The molecule has 1 aliphatic carbocycles. The van der Waals surface area contributed by atoms with Crippen molar-refractivity contribution in [2.75, 3.05) is 6.79 Å². The minimum absolute atomic E-state index is 0.267. The van der Waals surface area contributed by atoms with E-state index in [9.17, 15) is 4.79 Å². The zero-order valence-electron chi connectivity index (χ0n) is 14.7. The number of hydrogen-bond acceptors (Lipinski definition) is 3. The van der Waals surface area contributed by atoms with Gasteiger partial charge in [-0.1, -0.05) is 55.7 Å². The van der Waals surface area contributed by atoms with Crippen LogP contribution in [0.5, 0.6) is 11.5 Å². The van der Waals surface area contributed by atoms with Crippen molar-refractivity contribution in [3.63, 3.8) is 0 Å². The summed E-state index contributed by atoms with van der Waals surface area (Å²) in [7, 11) is 0. The van der Waals surface area contributed by atoms with Gasteiger partial charge in [-0.05, 0) is 49.5 Å². The van der Waals surface area contributed by atoms with Gasteiger partial charge >= 0.3 is 0 Å². The van der Waals surface area contributed by atoms with Crippen molar-refractivity contribution in [3.8, 4) is 11.5 Å². The Morgan fingerprint density at radius 2 is 1.80 bits per heavy atom. The minimum Gasteiger partial charge on any atom is -0.454 e. The van der Waals surface area contributed by atoms with E-state index in [1.165, 1.54) is 19.3 Å². The van der Waals surface area contributed by atoms with Gasteiger partial charge in [0, 0.05) is 5.92 Å². The zero-order chi connectivity index (χ0) is 17.3. The van der Waals surface area contributed by atoms with E-state index >= 15 is 0 Å². The number of hydrogen-bond donors (Lipinski definition) is 0. The first-order valence-electron chi connectivity index (χ1n) is 9.26.